The number of carbonyl (C=O) groups is 1. The highest BCUT2D eigenvalue weighted by Gasteiger charge is 2.32. The van der Waals surface area contributed by atoms with Crippen molar-refractivity contribution >= 4 is 26.9 Å². The minimum atomic E-state index is -3.61. The monoisotopic (exact) mass is 430 g/mol. The van der Waals surface area contributed by atoms with Crippen LogP contribution in [0.25, 0.3) is 11.0 Å². The third-order valence-electron chi connectivity index (χ3n) is 5.59. The number of aryl methyl sites for hydroxylation is 1. The third-order valence-corrected chi connectivity index (χ3v) is 7.42. The molecule has 1 N–H and O–H groups in total. The van der Waals surface area contributed by atoms with Crippen LogP contribution in [0.1, 0.15) is 42.1 Å². The number of nitrogens with one attached hydrogen (secondary N) is 1. The number of carbonyl (C=O) groups excluding carboxylic acids is 1. The van der Waals surface area contributed by atoms with E-state index in [1.54, 1.807) is 47.8 Å². The van der Waals surface area contributed by atoms with Gasteiger partial charge in [-0.2, -0.15) is 4.31 Å². The van der Waals surface area contributed by atoms with Crippen LogP contribution in [0.4, 0.5) is 0 Å². The zero-order valence-corrected chi connectivity index (χ0v) is 18.2. The second-order valence-electron chi connectivity index (χ2n) is 8.24. The molecule has 3 aromatic rings. The van der Waals surface area contributed by atoms with Crippen LogP contribution < -0.4 is 5.32 Å². The average Bonchev–Trinajstić information content (AvgIpc) is 3.33. The molecule has 1 aliphatic rings. The molecule has 2 atom stereocenters. The highest BCUT2D eigenvalue weighted by atomic mass is 32.2. The predicted octanol–water partition coefficient (Wildman–Crippen LogP) is 3.93. The molecular formula is C22H26N2O5S. The van der Waals surface area contributed by atoms with Gasteiger partial charge < -0.3 is 14.2 Å². The van der Waals surface area contributed by atoms with Gasteiger partial charge in [0.05, 0.1) is 17.7 Å². The minimum absolute atomic E-state index is 0.173. The lowest BCUT2D eigenvalue weighted by Crippen LogP contribution is -2.42. The van der Waals surface area contributed by atoms with E-state index < -0.39 is 10.0 Å². The first kappa shape index (κ1) is 20.7. The Hall–Kier alpha value is -2.58. The molecule has 1 amide bonds. The molecule has 0 bridgehead atoms. The van der Waals surface area contributed by atoms with Crippen molar-refractivity contribution in [2.45, 2.75) is 38.6 Å². The Labute approximate surface area is 176 Å². The molecule has 4 rings (SSSR count). The van der Waals surface area contributed by atoms with E-state index in [0.29, 0.717) is 47.2 Å². The predicted molar refractivity (Wildman–Crippen MR) is 113 cm³/mol. The van der Waals surface area contributed by atoms with Gasteiger partial charge in [-0.25, -0.2) is 8.42 Å². The van der Waals surface area contributed by atoms with E-state index in [1.165, 1.54) is 0 Å². The van der Waals surface area contributed by atoms with Crippen LogP contribution in [0.5, 0.6) is 0 Å². The van der Waals surface area contributed by atoms with Crippen LogP contribution >= 0.6 is 0 Å². The Morgan fingerprint density at radius 3 is 2.60 bits per heavy atom. The van der Waals surface area contributed by atoms with Crippen molar-refractivity contribution < 1.29 is 22.0 Å². The molecule has 0 aliphatic carbocycles. The fourth-order valence-corrected chi connectivity index (χ4v) is 5.90. The van der Waals surface area contributed by atoms with Gasteiger partial charge in [-0.05, 0) is 55.5 Å². The molecule has 0 saturated carbocycles. The van der Waals surface area contributed by atoms with Crippen LogP contribution in [0.15, 0.2) is 50.3 Å². The average molecular weight is 431 g/mol. The number of rotatable bonds is 5. The van der Waals surface area contributed by atoms with Gasteiger partial charge in [-0.15, -0.1) is 0 Å². The van der Waals surface area contributed by atoms with Gasteiger partial charge in [0, 0.05) is 24.0 Å². The first-order valence-electron chi connectivity index (χ1n) is 10.1. The maximum Gasteiger partial charge on any atom is 0.287 e. The van der Waals surface area contributed by atoms with Crippen LogP contribution in [0, 0.1) is 18.8 Å². The standard InChI is InChI=1S/C22H26N2O5S/c1-14-9-15(2)13-24(12-14)30(26,27)18-6-7-20-19(10-18)16(3)21(29-20)22(25)23-11-17-5-4-8-28-17/h4-8,10,14-15H,9,11-13H2,1-3H3,(H,23,25)/t14-,15-/m1/s1. The zero-order chi connectivity index (χ0) is 21.5. The van der Waals surface area contributed by atoms with E-state index in [4.69, 9.17) is 8.83 Å². The molecule has 1 aliphatic heterocycles. The molecular weight excluding hydrogens is 404 g/mol. The number of amides is 1. The maximum atomic E-state index is 13.2. The third kappa shape index (κ3) is 3.89. The van der Waals surface area contributed by atoms with Crippen molar-refractivity contribution in [1.29, 1.82) is 0 Å². The van der Waals surface area contributed by atoms with E-state index in [2.05, 4.69) is 19.2 Å². The van der Waals surface area contributed by atoms with Gasteiger partial charge in [0.2, 0.25) is 10.0 Å². The van der Waals surface area contributed by atoms with Gasteiger partial charge in [-0.3, -0.25) is 4.79 Å². The topological polar surface area (TPSA) is 92.8 Å². The molecule has 3 heterocycles. The lowest BCUT2D eigenvalue weighted by molar-refractivity contribution is 0.0921. The summed E-state index contributed by atoms with van der Waals surface area (Å²) in [4.78, 5) is 12.8. The van der Waals surface area contributed by atoms with Crippen molar-refractivity contribution in [2.75, 3.05) is 13.1 Å². The molecule has 1 aromatic carbocycles. The Morgan fingerprint density at radius 2 is 1.93 bits per heavy atom. The Kier molecular flexibility index (Phi) is 5.46. The lowest BCUT2D eigenvalue weighted by Gasteiger charge is -2.34. The van der Waals surface area contributed by atoms with Crippen molar-refractivity contribution in [2.24, 2.45) is 11.8 Å². The van der Waals surface area contributed by atoms with Crippen molar-refractivity contribution in [3.8, 4) is 0 Å². The normalized spacial score (nSPS) is 20.5. The Balaban J connectivity index is 1.61. The number of fused-ring (bicyclic) bond motifs is 1. The maximum absolute atomic E-state index is 13.2. The summed E-state index contributed by atoms with van der Waals surface area (Å²) < 4.78 is 38.9. The summed E-state index contributed by atoms with van der Waals surface area (Å²) in [6, 6.07) is 8.30. The second kappa shape index (κ2) is 7.92. The van der Waals surface area contributed by atoms with E-state index >= 15 is 0 Å². The minimum Gasteiger partial charge on any atom is -0.467 e. The zero-order valence-electron chi connectivity index (χ0n) is 17.3. The van der Waals surface area contributed by atoms with Gasteiger partial charge in [-0.1, -0.05) is 13.8 Å². The van der Waals surface area contributed by atoms with E-state index in [-0.39, 0.29) is 23.1 Å². The first-order chi connectivity index (χ1) is 14.3. The van der Waals surface area contributed by atoms with E-state index in [9.17, 15) is 13.2 Å². The van der Waals surface area contributed by atoms with Gasteiger partial charge >= 0.3 is 0 Å². The quantitative estimate of drug-likeness (QED) is 0.662. The molecule has 0 spiro atoms. The fourth-order valence-electron chi connectivity index (χ4n) is 4.19. The fraction of sp³-hybridized carbons (Fsp3) is 0.409. The highest BCUT2D eigenvalue weighted by molar-refractivity contribution is 7.89. The number of piperidine rings is 1. The van der Waals surface area contributed by atoms with Gasteiger partial charge in [0.1, 0.15) is 11.3 Å². The van der Waals surface area contributed by atoms with Crippen LogP contribution in [-0.4, -0.2) is 31.7 Å². The largest absolute Gasteiger partial charge is 0.467 e. The number of nitrogens with zero attached hydrogens (tertiary/aromatic N) is 1. The smallest absolute Gasteiger partial charge is 0.287 e. The summed E-state index contributed by atoms with van der Waals surface area (Å²) in [5.41, 5.74) is 1.09. The number of benzene rings is 1. The second-order valence-corrected chi connectivity index (χ2v) is 10.2. The summed E-state index contributed by atoms with van der Waals surface area (Å²) >= 11 is 0. The number of hydrogen-bond acceptors (Lipinski definition) is 5. The SMILES string of the molecule is Cc1c(C(=O)NCc2ccco2)oc2ccc(S(=O)(=O)N3C[C@H](C)C[C@@H](C)C3)cc12. The van der Waals surface area contributed by atoms with Crippen LogP contribution in [-0.2, 0) is 16.6 Å². The Morgan fingerprint density at radius 1 is 1.20 bits per heavy atom. The van der Waals surface area contributed by atoms with Crippen molar-refractivity contribution in [1.82, 2.24) is 9.62 Å². The van der Waals surface area contributed by atoms with Gasteiger partial charge in [0.25, 0.3) is 5.91 Å². The molecule has 8 heteroatoms. The number of sulfonamides is 1. The van der Waals surface area contributed by atoms with Crippen molar-refractivity contribution in [3.63, 3.8) is 0 Å². The number of furan rings is 2. The molecule has 0 radical (unpaired) electrons. The molecule has 1 fully saturated rings. The first-order valence-corrected chi connectivity index (χ1v) is 11.5. The molecule has 1 saturated heterocycles. The lowest BCUT2D eigenvalue weighted by atomic mass is 9.94. The molecule has 7 nitrogen and oxygen atoms in total. The molecule has 160 valence electrons. The van der Waals surface area contributed by atoms with Gasteiger partial charge in [0.15, 0.2) is 5.76 Å². The summed E-state index contributed by atoms with van der Waals surface area (Å²) in [6.07, 6.45) is 2.57. The summed E-state index contributed by atoms with van der Waals surface area (Å²) in [7, 11) is -3.61. The summed E-state index contributed by atoms with van der Waals surface area (Å²) in [5.74, 6) is 1.09. The van der Waals surface area contributed by atoms with Crippen LogP contribution in [0.3, 0.4) is 0 Å². The number of hydrogen-bond donors (Lipinski definition) is 1. The molecule has 2 aromatic heterocycles. The molecule has 0 unspecified atom stereocenters. The van der Waals surface area contributed by atoms with Crippen LogP contribution in [0.2, 0.25) is 0 Å². The highest BCUT2D eigenvalue weighted by Crippen LogP contribution is 2.31. The Bertz CT molecular complexity index is 1150. The summed E-state index contributed by atoms with van der Waals surface area (Å²) in [5, 5.41) is 3.38. The van der Waals surface area contributed by atoms with E-state index in [0.717, 1.165) is 6.42 Å². The molecule has 30 heavy (non-hydrogen) atoms. The van der Waals surface area contributed by atoms with E-state index in [1.807, 2.05) is 0 Å². The summed E-state index contributed by atoms with van der Waals surface area (Å²) in [6.45, 7) is 7.21. The van der Waals surface area contributed by atoms with Crippen molar-refractivity contribution in [3.05, 3.63) is 53.7 Å².